The Kier molecular flexibility index (Phi) is 5.80. The molecular weight excluding hydrogens is 419 g/mol. The number of piperazine rings is 1. The Balaban J connectivity index is 1.34. The molecule has 1 saturated heterocycles. The molecule has 0 radical (unpaired) electrons. The number of hydrogen-bond donors (Lipinski definition) is 1. The first-order valence-electron chi connectivity index (χ1n) is 10.9. The Labute approximate surface area is 190 Å². The minimum absolute atomic E-state index is 0.233. The normalized spacial score (nSPS) is 13.8. The summed E-state index contributed by atoms with van der Waals surface area (Å²) in [6.45, 7) is 3.45. The molecule has 166 valence electrons. The number of hydrogen-bond acceptors (Lipinski definition) is 6. The van der Waals surface area contributed by atoms with Crippen LogP contribution in [-0.2, 0) is 6.54 Å². The molecule has 2 aromatic carbocycles. The summed E-state index contributed by atoms with van der Waals surface area (Å²) < 4.78 is 13.2. The van der Waals surface area contributed by atoms with Crippen LogP contribution in [0, 0.1) is 5.82 Å². The number of rotatable bonds is 5. The number of fused-ring (bicyclic) bond motifs is 1. The average Bonchev–Trinajstić information content (AvgIpc) is 2.88. The van der Waals surface area contributed by atoms with Crippen molar-refractivity contribution in [1.82, 2.24) is 20.5 Å². The largest absolute Gasteiger partial charge is 0.368 e. The summed E-state index contributed by atoms with van der Waals surface area (Å²) >= 11 is 0. The first kappa shape index (κ1) is 20.8. The van der Waals surface area contributed by atoms with E-state index in [1.165, 1.54) is 12.1 Å². The summed E-state index contributed by atoms with van der Waals surface area (Å²) in [7, 11) is 0. The van der Waals surface area contributed by atoms with Crippen LogP contribution in [0.15, 0.2) is 73.1 Å². The van der Waals surface area contributed by atoms with Gasteiger partial charge in [-0.3, -0.25) is 9.78 Å². The van der Waals surface area contributed by atoms with E-state index in [1.54, 1.807) is 24.5 Å². The van der Waals surface area contributed by atoms with Gasteiger partial charge in [-0.15, -0.1) is 10.2 Å². The van der Waals surface area contributed by atoms with E-state index in [-0.39, 0.29) is 11.7 Å². The number of benzene rings is 2. The number of amides is 1. The number of nitrogens with zero attached hydrogens (tertiary/aromatic N) is 5. The zero-order chi connectivity index (χ0) is 22.6. The van der Waals surface area contributed by atoms with Crippen LogP contribution >= 0.6 is 0 Å². The molecule has 1 aliphatic rings. The van der Waals surface area contributed by atoms with Crippen molar-refractivity contribution in [2.24, 2.45) is 0 Å². The Morgan fingerprint density at radius 1 is 0.879 bits per heavy atom. The van der Waals surface area contributed by atoms with Crippen molar-refractivity contribution in [3.8, 4) is 0 Å². The van der Waals surface area contributed by atoms with Crippen molar-refractivity contribution in [2.45, 2.75) is 6.54 Å². The zero-order valence-electron chi connectivity index (χ0n) is 18.0. The van der Waals surface area contributed by atoms with E-state index in [9.17, 15) is 9.18 Å². The second-order valence-electron chi connectivity index (χ2n) is 7.91. The molecule has 3 heterocycles. The van der Waals surface area contributed by atoms with E-state index in [0.717, 1.165) is 54.0 Å². The lowest BCUT2D eigenvalue weighted by Crippen LogP contribution is -2.47. The molecule has 33 heavy (non-hydrogen) atoms. The molecule has 2 aromatic heterocycles. The Morgan fingerprint density at radius 3 is 2.33 bits per heavy atom. The summed E-state index contributed by atoms with van der Waals surface area (Å²) in [4.78, 5) is 21.3. The summed E-state index contributed by atoms with van der Waals surface area (Å²) in [6, 6.07) is 18.0. The second-order valence-corrected chi connectivity index (χ2v) is 7.91. The smallest absolute Gasteiger partial charge is 0.272 e. The molecule has 1 aliphatic heterocycles. The molecule has 0 spiro atoms. The van der Waals surface area contributed by atoms with Crippen molar-refractivity contribution >= 4 is 28.2 Å². The van der Waals surface area contributed by atoms with Gasteiger partial charge < -0.3 is 15.1 Å². The van der Waals surface area contributed by atoms with Crippen LogP contribution in [0.4, 0.5) is 15.9 Å². The number of aromatic nitrogens is 3. The van der Waals surface area contributed by atoms with Crippen molar-refractivity contribution in [1.29, 1.82) is 0 Å². The fraction of sp³-hybridized carbons (Fsp3) is 0.200. The van der Waals surface area contributed by atoms with Crippen LogP contribution in [0.5, 0.6) is 0 Å². The lowest BCUT2D eigenvalue weighted by atomic mass is 10.1. The minimum Gasteiger partial charge on any atom is -0.368 e. The number of carbonyl (C=O) groups is 1. The first-order chi connectivity index (χ1) is 16.2. The Bertz CT molecular complexity index is 1260. The third kappa shape index (κ3) is 4.45. The van der Waals surface area contributed by atoms with Gasteiger partial charge in [0, 0.05) is 61.6 Å². The molecule has 0 unspecified atom stereocenters. The van der Waals surface area contributed by atoms with E-state index in [1.807, 2.05) is 36.4 Å². The van der Waals surface area contributed by atoms with Gasteiger partial charge in [-0.2, -0.15) is 0 Å². The van der Waals surface area contributed by atoms with Crippen LogP contribution < -0.4 is 15.1 Å². The summed E-state index contributed by atoms with van der Waals surface area (Å²) in [5.74, 6) is 0.270. The van der Waals surface area contributed by atoms with Crippen LogP contribution in [0.2, 0.25) is 0 Å². The quantitative estimate of drug-likeness (QED) is 0.511. The summed E-state index contributed by atoms with van der Waals surface area (Å²) in [5, 5.41) is 13.3. The highest BCUT2D eigenvalue weighted by molar-refractivity contribution is 6.07. The lowest BCUT2D eigenvalue weighted by molar-refractivity contribution is 0.0947. The number of carbonyl (C=O) groups excluding carboxylic acids is 1. The topological polar surface area (TPSA) is 74.2 Å². The van der Waals surface area contributed by atoms with Gasteiger partial charge in [-0.25, -0.2) is 4.39 Å². The standard InChI is InChI=1S/C25H23FN6O/c26-19-7-9-20(10-8-19)31-12-14-32(15-13-31)24-22-6-2-1-5-21(22)23(29-30-24)25(33)28-17-18-4-3-11-27-16-18/h1-11,16H,12-15,17H2,(H,28,33). The maximum Gasteiger partial charge on any atom is 0.272 e. The molecule has 1 fully saturated rings. The highest BCUT2D eigenvalue weighted by atomic mass is 19.1. The second kappa shape index (κ2) is 9.20. The molecule has 7 nitrogen and oxygen atoms in total. The maximum absolute atomic E-state index is 13.2. The third-order valence-electron chi connectivity index (χ3n) is 5.83. The Morgan fingerprint density at radius 2 is 1.61 bits per heavy atom. The monoisotopic (exact) mass is 442 g/mol. The predicted molar refractivity (Wildman–Crippen MR) is 126 cm³/mol. The number of halogens is 1. The van der Waals surface area contributed by atoms with Gasteiger partial charge in [0.05, 0.1) is 0 Å². The summed E-state index contributed by atoms with van der Waals surface area (Å²) in [6.07, 6.45) is 3.42. The first-order valence-corrected chi connectivity index (χ1v) is 10.9. The van der Waals surface area contributed by atoms with Gasteiger partial charge >= 0.3 is 0 Å². The SMILES string of the molecule is O=C(NCc1cccnc1)c1nnc(N2CCN(c3ccc(F)cc3)CC2)c2ccccc12. The van der Waals surface area contributed by atoms with Gasteiger partial charge in [0.1, 0.15) is 5.82 Å². The molecule has 0 atom stereocenters. The van der Waals surface area contributed by atoms with Crippen LogP contribution in [0.1, 0.15) is 16.1 Å². The number of nitrogens with one attached hydrogen (secondary N) is 1. The number of anilines is 2. The van der Waals surface area contributed by atoms with Crippen molar-refractivity contribution in [2.75, 3.05) is 36.0 Å². The van der Waals surface area contributed by atoms with Crippen molar-refractivity contribution in [3.05, 3.63) is 90.1 Å². The molecule has 0 bridgehead atoms. The van der Waals surface area contributed by atoms with Crippen molar-refractivity contribution in [3.63, 3.8) is 0 Å². The Hall–Kier alpha value is -4.07. The van der Waals surface area contributed by atoms with Crippen LogP contribution in [0.3, 0.4) is 0 Å². The van der Waals surface area contributed by atoms with Crippen LogP contribution in [-0.4, -0.2) is 47.3 Å². The molecule has 0 saturated carbocycles. The molecule has 4 aromatic rings. The fourth-order valence-corrected chi connectivity index (χ4v) is 4.09. The lowest BCUT2D eigenvalue weighted by Gasteiger charge is -2.37. The fourth-order valence-electron chi connectivity index (χ4n) is 4.09. The summed E-state index contributed by atoms with van der Waals surface area (Å²) in [5.41, 5.74) is 2.23. The molecule has 5 rings (SSSR count). The minimum atomic E-state index is -0.268. The van der Waals surface area contributed by atoms with Crippen LogP contribution in [0.25, 0.3) is 10.8 Å². The van der Waals surface area contributed by atoms with E-state index in [4.69, 9.17) is 0 Å². The van der Waals surface area contributed by atoms with E-state index >= 15 is 0 Å². The van der Waals surface area contributed by atoms with E-state index in [2.05, 4.69) is 30.3 Å². The average molecular weight is 442 g/mol. The van der Waals surface area contributed by atoms with Gasteiger partial charge in [0.2, 0.25) is 0 Å². The van der Waals surface area contributed by atoms with Gasteiger partial charge in [-0.05, 0) is 35.9 Å². The molecule has 0 aliphatic carbocycles. The van der Waals surface area contributed by atoms with E-state index in [0.29, 0.717) is 12.2 Å². The molecular formula is C25H23FN6O. The highest BCUT2D eigenvalue weighted by Gasteiger charge is 2.23. The van der Waals surface area contributed by atoms with Gasteiger partial charge in [0.25, 0.3) is 5.91 Å². The maximum atomic E-state index is 13.2. The van der Waals surface area contributed by atoms with Crippen molar-refractivity contribution < 1.29 is 9.18 Å². The molecule has 8 heteroatoms. The highest BCUT2D eigenvalue weighted by Crippen LogP contribution is 2.27. The molecule has 1 amide bonds. The van der Waals surface area contributed by atoms with E-state index < -0.39 is 0 Å². The predicted octanol–water partition coefficient (Wildman–Crippen LogP) is 3.42. The van der Waals surface area contributed by atoms with Gasteiger partial charge in [0.15, 0.2) is 11.5 Å². The third-order valence-corrected chi connectivity index (χ3v) is 5.83. The zero-order valence-corrected chi connectivity index (χ0v) is 18.0. The number of pyridine rings is 1. The van der Waals surface area contributed by atoms with Gasteiger partial charge in [-0.1, -0.05) is 30.3 Å². The molecule has 1 N–H and O–H groups in total.